The summed E-state index contributed by atoms with van der Waals surface area (Å²) in [5, 5.41) is 3.40. The van der Waals surface area contributed by atoms with E-state index in [4.69, 9.17) is 4.74 Å². The van der Waals surface area contributed by atoms with E-state index in [1.807, 2.05) is 12.1 Å². The molecule has 1 atom stereocenters. The van der Waals surface area contributed by atoms with E-state index in [9.17, 15) is 18.0 Å². The molecule has 1 aliphatic carbocycles. The predicted octanol–water partition coefficient (Wildman–Crippen LogP) is 5.99. The summed E-state index contributed by atoms with van der Waals surface area (Å²) in [6.07, 6.45) is -2.54. The van der Waals surface area contributed by atoms with Crippen LogP contribution in [0.15, 0.2) is 66.7 Å². The van der Waals surface area contributed by atoms with E-state index in [1.54, 1.807) is 24.3 Å². The number of carbonyl (C=O) groups excluding carboxylic acids is 1. The third kappa shape index (κ3) is 5.54. The summed E-state index contributed by atoms with van der Waals surface area (Å²) in [7, 11) is 1.31. The highest BCUT2D eigenvalue weighted by molar-refractivity contribution is 5.72. The van der Waals surface area contributed by atoms with Gasteiger partial charge in [0.15, 0.2) is 0 Å². The van der Waals surface area contributed by atoms with Crippen molar-refractivity contribution in [1.82, 2.24) is 5.32 Å². The predicted molar refractivity (Wildman–Crippen MR) is 118 cm³/mol. The molecular formula is C26H24F3NO3. The number of esters is 1. The molecule has 3 aromatic rings. The Kier molecular flexibility index (Phi) is 6.70. The number of carbonyl (C=O) groups is 1. The number of nitrogens with one attached hydrogen (secondary N) is 1. The summed E-state index contributed by atoms with van der Waals surface area (Å²) < 4.78 is 50.7. The Morgan fingerprint density at radius 2 is 1.88 bits per heavy atom. The van der Waals surface area contributed by atoms with E-state index >= 15 is 0 Å². The van der Waals surface area contributed by atoms with Crippen LogP contribution in [-0.4, -0.2) is 13.1 Å². The Morgan fingerprint density at radius 3 is 2.67 bits per heavy atom. The highest BCUT2D eigenvalue weighted by atomic mass is 19.4. The van der Waals surface area contributed by atoms with Crippen LogP contribution < -0.4 is 10.1 Å². The Labute approximate surface area is 190 Å². The zero-order valence-corrected chi connectivity index (χ0v) is 18.1. The smallest absolute Gasteiger partial charge is 0.416 e. The van der Waals surface area contributed by atoms with Gasteiger partial charge in [0.1, 0.15) is 11.5 Å². The second-order valence-electron chi connectivity index (χ2n) is 7.99. The summed E-state index contributed by atoms with van der Waals surface area (Å²) in [5.74, 6) is 0.379. The van der Waals surface area contributed by atoms with Crippen LogP contribution in [0.1, 0.15) is 40.3 Å². The second kappa shape index (κ2) is 9.67. The molecule has 0 aromatic heterocycles. The number of aryl methyl sites for hydroxylation is 1. The first kappa shape index (κ1) is 22.9. The fourth-order valence-electron chi connectivity index (χ4n) is 4.08. The average Bonchev–Trinajstić information content (AvgIpc) is 3.21. The summed E-state index contributed by atoms with van der Waals surface area (Å²) in [4.78, 5) is 11.6. The minimum Gasteiger partial charge on any atom is -0.469 e. The van der Waals surface area contributed by atoms with E-state index in [0.29, 0.717) is 22.6 Å². The van der Waals surface area contributed by atoms with Gasteiger partial charge in [-0.1, -0.05) is 36.4 Å². The van der Waals surface area contributed by atoms with Crippen molar-refractivity contribution in [2.45, 2.75) is 38.0 Å². The quantitative estimate of drug-likeness (QED) is 0.445. The molecule has 0 heterocycles. The number of rotatable bonds is 7. The van der Waals surface area contributed by atoms with Gasteiger partial charge < -0.3 is 14.8 Å². The number of hydrogen-bond acceptors (Lipinski definition) is 4. The third-order valence-electron chi connectivity index (χ3n) is 5.76. The maximum atomic E-state index is 13.4. The third-order valence-corrected chi connectivity index (χ3v) is 5.76. The van der Waals surface area contributed by atoms with E-state index < -0.39 is 11.7 Å². The van der Waals surface area contributed by atoms with Crippen molar-refractivity contribution in [2.24, 2.45) is 0 Å². The van der Waals surface area contributed by atoms with Crippen molar-refractivity contribution in [1.29, 1.82) is 0 Å². The molecule has 4 nitrogen and oxygen atoms in total. The summed E-state index contributed by atoms with van der Waals surface area (Å²) in [5.41, 5.74) is 2.82. The number of hydrogen-bond donors (Lipinski definition) is 1. The minimum absolute atomic E-state index is 0.0759. The molecule has 0 radical (unpaired) electrons. The van der Waals surface area contributed by atoms with Crippen molar-refractivity contribution in [3.8, 4) is 11.5 Å². The normalized spacial score (nSPS) is 15.2. The molecule has 1 aliphatic rings. The lowest BCUT2D eigenvalue weighted by molar-refractivity contribution is -0.140. The van der Waals surface area contributed by atoms with Gasteiger partial charge >= 0.3 is 12.1 Å². The molecule has 172 valence electrons. The molecule has 33 heavy (non-hydrogen) atoms. The van der Waals surface area contributed by atoms with Crippen LogP contribution in [0, 0.1) is 0 Å². The van der Waals surface area contributed by atoms with Crippen LogP contribution in [0.3, 0.4) is 0 Å². The van der Waals surface area contributed by atoms with Gasteiger partial charge in [0.2, 0.25) is 0 Å². The van der Waals surface area contributed by atoms with Gasteiger partial charge in [0.25, 0.3) is 0 Å². The number of methoxy groups -OCH3 is 1. The van der Waals surface area contributed by atoms with Crippen LogP contribution in [0.4, 0.5) is 13.2 Å². The van der Waals surface area contributed by atoms with Gasteiger partial charge in [0, 0.05) is 18.2 Å². The highest BCUT2D eigenvalue weighted by Crippen LogP contribution is 2.36. The molecule has 0 bridgehead atoms. The molecule has 0 unspecified atom stereocenters. The monoisotopic (exact) mass is 455 g/mol. The molecule has 1 N–H and O–H groups in total. The molecule has 0 saturated heterocycles. The molecule has 0 aliphatic heterocycles. The Morgan fingerprint density at radius 1 is 1.06 bits per heavy atom. The molecule has 7 heteroatoms. The van der Waals surface area contributed by atoms with Crippen molar-refractivity contribution >= 4 is 5.97 Å². The molecule has 0 amide bonds. The molecule has 3 aromatic carbocycles. The summed E-state index contributed by atoms with van der Waals surface area (Å²) in [6, 6.07) is 18.5. The molecule has 0 spiro atoms. The highest BCUT2D eigenvalue weighted by Gasteiger charge is 2.31. The number of halogens is 3. The lowest BCUT2D eigenvalue weighted by Crippen LogP contribution is -2.19. The number of benzene rings is 3. The second-order valence-corrected chi connectivity index (χ2v) is 7.99. The largest absolute Gasteiger partial charge is 0.469 e. The van der Waals surface area contributed by atoms with Crippen molar-refractivity contribution in [3.05, 3.63) is 94.5 Å². The standard InChI is InChI=1S/C26H24F3NO3/c1-32-25(31)14-17-5-4-7-21(13-17)33-24-12-10-20(26(27,28)29)15-19(24)16-30-23-11-9-18-6-2-3-8-22(18)23/h2-8,10,12-13,15,23,30H,9,11,14,16H2,1H3/t23-/m1/s1. The van der Waals surface area contributed by atoms with E-state index in [2.05, 4.69) is 22.2 Å². The Balaban J connectivity index is 1.57. The van der Waals surface area contributed by atoms with Gasteiger partial charge in [-0.15, -0.1) is 0 Å². The first-order valence-corrected chi connectivity index (χ1v) is 10.7. The SMILES string of the molecule is COC(=O)Cc1cccc(Oc2ccc(C(F)(F)F)cc2CN[C@@H]2CCc3ccccc32)c1. The van der Waals surface area contributed by atoms with Crippen molar-refractivity contribution < 1.29 is 27.4 Å². The summed E-state index contributed by atoms with van der Waals surface area (Å²) in [6.45, 7) is 0.222. The van der Waals surface area contributed by atoms with Crippen molar-refractivity contribution in [3.63, 3.8) is 0 Å². The number of alkyl halides is 3. The Bertz CT molecular complexity index is 1140. The Hall–Kier alpha value is -3.32. The van der Waals surface area contributed by atoms with E-state index in [-0.39, 0.29) is 25.0 Å². The van der Waals surface area contributed by atoms with Gasteiger partial charge in [-0.25, -0.2) is 0 Å². The maximum Gasteiger partial charge on any atom is 0.416 e. The van der Waals surface area contributed by atoms with Gasteiger partial charge in [0.05, 0.1) is 19.1 Å². The molecule has 0 saturated carbocycles. The van der Waals surface area contributed by atoms with Crippen LogP contribution >= 0.6 is 0 Å². The average molecular weight is 455 g/mol. The summed E-state index contributed by atoms with van der Waals surface area (Å²) >= 11 is 0. The van der Waals surface area contributed by atoms with E-state index in [1.165, 1.54) is 24.3 Å². The van der Waals surface area contributed by atoms with Gasteiger partial charge in [-0.3, -0.25) is 4.79 Å². The van der Waals surface area contributed by atoms with Crippen LogP contribution in [-0.2, 0) is 35.1 Å². The van der Waals surface area contributed by atoms with Crippen molar-refractivity contribution in [2.75, 3.05) is 7.11 Å². The zero-order valence-electron chi connectivity index (χ0n) is 18.1. The maximum absolute atomic E-state index is 13.4. The minimum atomic E-state index is -4.45. The lowest BCUT2D eigenvalue weighted by Gasteiger charge is -2.18. The fourth-order valence-corrected chi connectivity index (χ4v) is 4.08. The number of ether oxygens (including phenoxy) is 2. The lowest BCUT2D eigenvalue weighted by atomic mass is 10.1. The molecular weight excluding hydrogens is 431 g/mol. The first-order valence-electron chi connectivity index (χ1n) is 10.7. The molecule has 4 rings (SSSR count). The van der Waals surface area contributed by atoms with Gasteiger partial charge in [-0.2, -0.15) is 13.2 Å². The zero-order chi connectivity index (χ0) is 23.4. The van der Waals surface area contributed by atoms with Crippen LogP contribution in [0.5, 0.6) is 11.5 Å². The molecule has 0 fully saturated rings. The number of fused-ring (bicyclic) bond motifs is 1. The first-order chi connectivity index (χ1) is 15.8. The van der Waals surface area contributed by atoms with E-state index in [0.717, 1.165) is 25.0 Å². The van der Waals surface area contributed by atoms with Crippen LogP contribution in [0.25, 0.3) is 0 Å². The van der Waals surface area contributed by atoms with Gasteiger partial charge in [-0.05, 0) is 59.9 Å². The topological polar surface area (TPSA) is 47.6 Å². The van der Waals surface area contributed by atoms with Crippen LogP contribution in [0.2, 0.25) is 0 Å². The fraction of sp³-hybridized carbons (Fsp3) is 0.269.